The number of nitrogens with one attached hydrogen (secondary N) is 1. The Bertz CT molecular complexity index is 436. The quantitative estimate of drug-likeness (QED) is 0.921. The van der Waals surface area contributed by atoms with Gasteiger partial charge in [0, 0.05) is 30.9 Å². The summed E-state index contributed by atoms with van der Waals surface area (Å²) >= 11 is 2.05. The van der Waals surface area contributed by atoms with Gasteiger partial charge in [0.25, 0.3) is 0 Å². The molecule has 1 aliphatic carbocycles. The number of nitrogens with zero attached hydrogens (tertiary/aromatic N) is 1. The molecular formula is C17H26N2S. The number of hydrogen-bond donors (Lipinski definition) is 1. The second kappa shape index (κ2) is 6.08. The van der Waals surface area contributed by atoms with Crippen molar-refractivity contribution < 1.29 is 0 Å². The van der Waals surface area contributed by atoms with Crippen LogP contribution in [-0.4, -0.2) is 42.1 Å². The van der Waals surface area contributed by atoms with Crippen molar-refractivity contribution in [1.29, 1.82) is 0 Å². The van der Waals surface area contributed by atoms with Crippen molar-refractivity contribution in [3.8, 4) is 0 Å². The van der Waals surface area contributed by atoms with Gasteiger partial charge in [-0.15, -0.1) is 0 Å². The van der Waals surface area contributed by atoms with Crippen LogP contribution in [-0.2, 0) is 5.54 Å². The van der Waals surface area contributed by atoms with E-state index < -0.39 is 0 Å². The van der Waals surface area contributed by atoms with Crippen molar-refractivity contribution in [2.45, 2.75) is 43.0 Å². The molecule has 110 valence electrons. The van der Waals surface area contributed by atoms with Crippen LogP contribution in [0.1, 0.15) is 31.7 Å². The highest BCUT2D eigenvalue weighted by atomic mass is 32.2. The molecule has 3 heteroatoms. The molecule has 1 saturated heterocycles. The Hall–Kier alpha value is -0.510. The van der Waals surface area contributed by atoms with E-state index in [2.05, 4.69) is 65.5 Å². The van der Waals surface area contributed by atoms with Crippen LogP contribution in [0.25, 0.3) is 0 Å². The summed E-state index contributed by atoms with van der Waals surface area (Å²) in [7, 11) is 0. The van der Waals surface area contributed by atoms with Crippen LogP contribution in [0.2, 0.25) is 0 Å². The fourth-order valence-electron chi connectivity index (χ4n) is 3.79. The summed E-state index contributed by atoms with van der Waals surface area (Å²) in [5.74, 6) is 0. The summed E-state index contributed by atoms with van der Waals surface area (Å²) in [5.41, 5.74) is 1.53. The zero-order valence-electron chi connectivity index (χ0n) is 12.6. The molecule has 0 radical (unpaired) electrons. The fraction of sp³-hybridized carbons (Fsp3) is 0.647. The molecule has 1 aromatic rings. The monoisotopic (exact) mass is 290 g/mol. The molecule has 1 aliphatic heterocycles. The van der Waals surface area contributed by atoms with Crippen molar-refractivity contribution in [3.63, 3.8) is 0 Å². The first kappa shape index (κ1) is 14.4. The van der Waals surface area contributed by atoms with E-state index in [9.17, 15) is 0 Å². The minimum absolute atomic E-state index is 0.108. The highest BCUT2D eigenvalue weighted by Crippen LogP contribution is 2.34. The van der Waals surface area contributed by atoms with E-state index in [0.717, 1.165) is 24.4 Å². The summed E-state index contributed by atoms with van der Waals surface area (Å²) in [6.07, 6.45) is 6.43. The molecule has 3 rings (SSSR count). The van der Waals surface area contributed by atoms with Gasteiger partial charge < -0.3 is 5.32 Å². The maximum absolute atomic E-state index is 3.74. The van der Waals surface area contributed by atoms with Gasteiger partial charge in [-0.05, 0) is 38.0 Å². The number of hydrogen-bond acceptors (Lipinski definition) is 3. The van der Waals surface area contributed by atoms with Crippen LogP contribution in [0.4, 0.5) is 0 Å². The molecule has 1 N–H and O–H groups in total. The highest BCUT2D eigenvalue weighted by Gasteiger charge is 2.37. The van der Waals surface area contributed by atoms with Crippen LogP contribution in [0.5, 0.6) is 0 Å². The van der Waals surface area contributed by atoms with E-state index in [-0.39, 0.29) is 5.54 Å². The Kier molecular flexibility index (Phi) is 4.39. The molecule has 2 fully saturated rings. The first-order chi connectivity index (χ1) is 9.71. The molecule has 20 heavy (non-hydrogen) atoms. The maximum atomic E-state index is 3.74. The lowest BCUT2D eigenvalue weighted by atomic mass is 9.89. The first-order valence-corrected chi connectivity index (χ1v) is 9.07. The average molecular weight is 290 g/mol. The Labute approximate surface area is 127 Å². The van der Waals surface area contributed by atoms with Gasteiger partial charge in [-0.2, -0.15) is 11.8 Å². The molecule has 2 nitrogen and oxygen atoms in total. The highest BCUT2D eigenvalue weighted by molar-refractivity contribution is 7.99. The Balaban J connectivity index is 1.70. The van der Waals surface area contributed by atoms with Crippen molar-refractivity contribution in [2.24, 2.45) is 0 Å². The molecule has 3 atom stereocenters. The second-order valence-corrected chi connectivity index (χ2v) is 7.56. The summed E-state index contributed by atoms with van der Waals surface area (Å²) in [6.45, 7) is 5.80. The Morgan fingerprint density at radius 1 is 1.25 bits per heavy atom. The second-order valence-electron chi connectivity index (χ2n) is 6.42. The number of piperazine rings is 1. The number of thioether (sulfide) groups is 1. The zero-order valence-corrected chi connectivity index (χ0v) is 13.5. The van der Waals surface area contributed by atoms with Gasteiger partial charge in [-0.25, -0.2) is 0 Å². The molecule has 1 saturated carbocycles. The van der Waals surface area contributed by atoms with E-state index in [4.69, 9.17) is 0 Å². The third-order valence-electron chi connectivity index (χ3n) is 5.05. The first-order valence-electron chi connectivity index (χ1n) is 7.79. The molecule has 0 amide bonds. The van der Waals surface area contributed by atoms with Gasteiger partial charge in [-0.1, -0.05) is 30.3 Å². The SMILES string of the molecule is CSC1CCC(N2CCNC(C)(c3ccccc3)C2)C1. The van der Waals surface area contributed by atoms with Crippen LogP contribution >= 0.6 is 11.8 Å². The molecule has 0 aromatic heterocycles. The zero-order chi connectivity index (χ0) is 14.0. The van der Waals surface area contributed by atoms with Crippen molar-refractivity contribution in [2.75, 3.05) is 25.9 Å². The van der Waals surface area contributed by atoms with E-state index in [1.165, 1.54) is 31.4 Å². The van der Waals surface area contributed by atoms with Crippen LogP contribution < -0.4 is 5.32 Å². The van der Waals surface area contributed by atoms with E-state index >= 15 is 0 Å². The molecular weight excluding hydrogens is 264 g/mol. The Morgan fingerprint density at radius 3 is 2.75 bits per heavy atom. The Morgan fingerprint density at radius 2 is 2.05 bits per heavy atom. The third-order valence-corrected chi connectivity index (χ3v) is 6.15. The summed E-state index contributed by atoms with van der Waals surface area (Å²) < 4.78 is 0. The van der Waals surface area contributed by atoms with Gasteiger partial charge in [0.05, 0.1) is 5.54 Å². The number of benzene rings is 1. The molecule has 0 bridgehead atoms. The van der Waals surface area contributed by atoms with E-state index in [1.54, 1.807) is 0 Å². The molecule has 3 unspecified atom stereocenters. The van der Waals surface area contributed by atoms with Crippen LogP contribution in [0.15, 0.2) is 30.3 Å². The van der Waals surface area contributed by atoms with E-state index in [0.29, 0.717) is 0 Å². The van der Waals surface area contributed by atoms with Crippen molar-refractivity contribution in [3.05, 3.63) is 35.9 Å². The lowest BCUT2D eigenvalue weighted by molar-refractivity contribution is 0.101. The third kappa shape index (κ3) is 2.90. The van der Waals surface area contributed by atoms with Crippen LogP contribution in [0, 0.1) is 0 Å². The molecule has 0 spiro atoms. The lowest BCUT2D eigenvalue weighted by Gasteiger charge is -2.44. The van der Waals surface area contributed by atoms with Crippen molar-refractivity contribution >= 4 is 11.8 Å². The topological polar surface area (TPSA) is 15.3 Å². The van der Waals surface area contributed by atoms with Gasteiger partial charge in [0.1, 0.15) is 0 Å². The summed E-state index contributed by atoms with van der Waals surface area (Å²) in [5, 5.41) is 4.63. The standard InChI is InChI=1S/C17H26N2S/c1-17(14-6-4-3-5-7-14)13-19(11-10-18-17)15-8-9-16(12-15)20-2/h3-7,15-16,18H,8-13H2,1-2H3. The molecule has 1 heterocycles. The molecule has 2 aliphatic rings. The van der Waals surface area contributed by atoms with E-state index in [1.807, 2.05) is 0 Å². The summed E-state index contributed by atoms with van der Waals surface area (Å²) in [4.78, 5) is 2.74. The fourth-order valence-corrected chi connectivity index (χ4v) is 4.58. The van der Waals surface area contributed by atoms with Crippen molar-refractivity contribution in [1.82, 2.24) is 10.2 Å². The summed E-state index contributed by atoms with van der Waals surface area (Å²) in [6, 6.07) is 11.7. The van der Waals surface area contributed by atoms with Crippen LogP contribution in [0.3, 0.4) is 0 Å². The van der Waals surface area contributed by atoms with Gasteiger partial charge >= 0.3 is 0 Å². The predicted octanol–water partition coefficient (Wildman–Crippen LogP) is 3.09. The smallest absolute Gasteiger partial charge is 0.0535 e. The largest absolute Gasteiger partial charge is 0.305 e. The van der Waals surface area contributed by atoms with Gasteiger partial charge in [0.15, 0.2) is 0 Å². The maximum Gasteiger partial charge on any atom is 0.0535 e. The number of rotatable bonds is 3. The normalized spacial score (nSPS) is 35.3. The lowest BCUT2D eigenvalue weighted by Crippen LogP contribution is -2.58. The average Bonchev–Trinajstić information content (AvgIpc) is 2.97. The minimum atomic E-state index is 0.108. The van der Waals surface area contributed by atoms with Gasteiger partial charge in [0.2, 0.25) is 0 Å². The molecule has 1 aromatic carbocycles. The predicted molar refractivity (Wildman–Crippen MR) is 88.3 cm³/mol. The van der Waals surface area contributed by atoms with Gasteiger partial charge in [-0.3, -0.25) is 4.90 Å². The minimum Gasteiger partial charge on any atom is -0.305 e.